The lowest BCUT2D eigenvalue weighted by Crippen LogP contribution is -1.98. The number of hydrogen-bond acceptors (Lipinski definition) is 3. The molecular formula is C3H7BO3. The maximum absolute atomic E-state index is 9.94. The Morgan fingerprint density at radius 1 is 1.86 bits per heavy atom. The van der Waals surface area contributed by atoms with E-state index < -0.39 is 5.97 Å². The van der Waals surface area contributed by atoms with E-state index in [1.54, 1.807) is 0 Å². The van der Waals surface area contributed by atoms with E-state index >= 15 is 0 Å². The van der Waals surface area contributed by atoms with Gasteiger partial charge in [-0.1, -0.05) is 6.32 Å². The molecule has 1 N–H and O–H groups in total. The first-order valence-corrected chi connectivity index (χ1v) is 2.15. The molecule has 0 heterocycles. The van der Waals surface area contributed by atoms with Crippen molar-refractivity contribution in [2.75, 3.05) is 0 Å². The van der Waals surface area contributed by atoms with Crippen molar-refractivity contribution in [3.8, 4) is 0 Å². The molecule has 0 aliphatic carbocycles. The third kappa shape index (κ3) is 3.32. The first-order valence-electron chi connectivity index (χ1n) is 2.15. The van der Waals surface area contributed by atoms with Crippen LogP contribution in [0.4, 0.5) is 0 Å². The van der Waals surface area contributed by atoms with Crippen LogP contribution in [-0.4, -0.2) is 19.1 Å². The van der Waals surface area contributed by atoms with Crippen LogP contribution < -0.4 is 0 Å². The first-order chi connectivity index (χ1) is 3.31. The summed E-state index contributed by atoms with van der Waals surface area (Å²) in [6.45, 7) is 0. The Morgan fingerprint density at radius 2 is 2.43 bits per heavy atom. The molecule has 0 aromatic rings. The largest absolute Gasteiger partial charge is 0.341 e. The predicted molar refractivity (Wildman–Crippen MR) is 26.7 cm³/mol. The van der Waals surface area contributed by atoms with Gasteiger partial charge in [0.15, 0.2) is 0 Å². The molecule has 0 amide bonds. The third-order valence-corrected chi connectivity index (χ3v) is 0.556. The van der Waals surface area contributed by atoms with Gasteiger partial charge >= 0.3 is 5.97 Å². The summed E-state index contributed by atoms with van der Waals surface area (Å²) in [6, 6.07) is 0. The predicted octanol–water partition coefficient (Wildman–Crippen LogP) is -0.556. The molecule has 4 heteroatoms. The molecule has 0 atom stereocenters. The molecule has 0 radical (unpaired) electrons. The number of carbonyl (C=O) groups is 1. The molecule has 0 unspecified atom stereocenters. The van der Waals surface area contributed by atoms with Gasteiger partial charge in [0.2, 0.25) is 0 Å². The van der Waals surface area contributed by atoms with Crippen molar-refractivity contribution in [2.45, 2.75) is 12.7 Å². The van der Waals surface area contributed by atoms with Crippen LogP contribution in [0.15, 0.2) is 0 Å². The second kappa shape index (κ2) is 3.68. The van der Waals surface area contributed by atoms with E-state index in [1.165, 1.54) is 0 Å². The quantitative estimate of drug-likeness (QED) is 0.289. The van der Waals surface area contributed by atoms with Crippen molar-refractivity contribution in [3.05, 3.63) is 0 Å². The highest BCUT2D eigenvalue weighted by atomic mass is 17.1. The fourth-order valence-corrected chi connectivity index (χ4v) is 0.250. The van der Waals surface area contributed by atoms with Crippen LogP contribution in [0.1, 0.15) is 6.42 Å². The van der Waals surface area contributed by atoms with Crippen LogP contribution in [0.5, 0.6) is 0 Å². The SMILES string of the molecule is BCCC(=O)OO. The van der Waals surface area contributed by atoms with E-state index in [2.05, 4.69) is 4.89 Å². The van der Waals surface area contributed by atoms with Gasteiger partial charge < -0.3 is 4.89 Å². The molecule has 0 bridgehead atoms. The summed E-state index contributed by atoms with van der Waals surface area (Å²) < 4.78 is 0. The summed E-state index contributed by atoms with van der Waals surface area (Å²) >= 11 is 0. The lowest BCUT2D eigenvalue weighted by atomic mass is 10.0. The van der Waals surface area contributed by atoms with Crippen molar-refractivity contribution in [2.24, 2.45) is 0 Å². The second-order valence-corrected chi connectivity index (χ2v) is 1.21. The molecule has 0 aliphatic rings. The van der Waals surface area contributed by atoms with E-state index in [0.717, 1.165) is 0 Å². The molecule has 0 rings (SSSR count). The molecule has 0 aromatic heterocycles. The molecule has 0 saturated heterocycles. The van der Waals surface area contributed by atoms with Crippen molar-refractivity contribution >= 4 is 13.8 Å². The van der Waals surface area contributed by atoms with Crippen molar-refractivity contribution in [1.29, 1.82) is 0 Å². The van der Waals surface area contributed by atoms with Gasteiger partial charge in [0.25, 0.3) is 0 Å². The fourth-order valence-electron chi connectivity index (χ4n) is 0.250. The minimum Gasteiger partial charge on any atom is -0.301 e. The highest BCUT2D eigenvalue weighted by Gasteiger charge is 1.95. The molecule has 0 aliphatic heterocycles. The molecule has 0 aromatic carbocycles. The topological polar surface area (TPSA) is 46.5 Å². The van der Waals surface area contributed by atoms with E-state index in [0.29, 0.717) is 6.32 Å². The van der Waals surface area contributed by atoms with Crippen LogP contribution >= 0.6 is 0 Å². The Kier molecular flexibility index (Phi) is 3.41. The van der Waals surface area contributed by atoms with Crippen LogP contribution in [0.3, 0.4) is 0 Å². The van der Waals surface area contributed by atoms with Gasteiger partial charge in [0.1, 0.15) is 7.85 Å². The Labute approximate surface area is 42.6 Å². The summed E-state index contributed by atoms with van der Waals surface area (Å²) in [5, 5.41) is 7.62. The van der Waals surface area contributed by atoms with Crippen LogP contribution in [0.2, 0.25) is 6.32 Å². The lowest BCUT2D eigenvalue weighted by Gasteiger charge is -1.87. The Hall–Kier alpha value is -0.505. The van der Waals surface area contributed by atoms with Gasteiger partial charge in [0.05, 0.1) is 0 Å². The van der Waals surface area contributed by atoms with E-state index in [4.69, 9.17) is 5.26 Å². The molecule has 3 nitrogen and oxygen atoms in total. The minimum absolute atomic E-state index is 0.288. The van der Waals surface area contributed by atoms with E-state index in [9.17, 15) is 4.79 Å². The van der Waals surface area contributed by atoms with Crippen LogP contribution in [0, 0.1) is 0 Å². The summed E-state index contributed by atoms with van der Waals surface area (Å²) in [4.78, 5) is 13.3. The zero-order valence-electron chi connectivity index (χ0n) is 4.18. The van der Waals surface area contributed by atoms with Gasteiger partial charge in [0, 0.05) is 6.42 Å². The lowest BCUT2D eigenvalue weighted by molar-refractivity contribution is -0.233. The zero-order valence-corrected chi connectivity index (χ0v) is 4.18. The molecule has 7 heavy (non-hydrogen) atoms. The maximum atomic E-state index is 9.94. The van der Waals surface area contributed by atoms with E-state index in [1.807, 2.05) is 7.85 Å². The van der Waals surface area contributed by atoms with Gasteiger partial charge in [-0.25, -0.2) is 4.79 Å². The molecular weight excluding hydrogens is 94.8 g/mol. The first kappa shape index (κ1) is 6.49. The van der Waals surface area contributed by atoms with Gasteiger partial charge in [-0.3, -0.25) is 0 Å². The van der Waals surface area contributed by atoms with E-state index in [-0.39, 0.29) is 6.42 Å². The summed E-state index contributed by atoms with van der Waals surface area (Å²) in [7, 11) is 1.83. The normalized spacial score (nSPS) is 8.14. The fraction of sp³-hybridized carbons (Fsp3) is 0.667. The average Bonchev–Trinajstić information content (AvgIpc) is 1.68. The monoisotopic (exact) mass is 102 g/mol. The van der Waals surface area contributed by atoms with Crippen LogP contribution in [-0.2, 0) is 9.68 Å². The average molecular weight is 102 g/mol. The molecule has 0 spiro atoms. The van der Waals surface area contributed by atoms with Crippen LogP contribution in [0.25, 0.3) is 0 Å². The van der Waals surface area contributed by atoms with Gasteiger partial charge in [-0.05, 0) is 0 Å². The van der Waals surface area contributed by atoms with Crippen molar-refractivity contribution in [1.82, 2.24) is 0 Å². The Morgan fingerprint density at radius 3 is 2.57 bits per heavy atom. The molecule has 40 valence electrons. The summed E-state index contributed by atoms with van der Waals surface area (Å²) in [6.07, 6.45) is 0.996. The zero-order chi connectivity index (χ0) is 5.70. The van der Waals surface area contributed by atoms with Gasteiger partial charge in [-0.15, -0.1) is 0 Å². The maximum Gasteiger partial charge on any atom is 0.341 e. The highest BCUT2D eigenvalue weighted by molar-refractivity contribution is 6.09. The second-order valence-electron chi connectivity index (χ2n) is 1.21. The number of carbonyl (C=O) groups excluding carboxylic acids is 1. The van der Waals surface area contributed by atoms with Gasteiger partial charge in [-0.2, -0.15) is 5.26 Å². The Balaban J connectivity index is 3.00. The number of rotatable bonds is 2. The molecule has 0 fully saturated rings. The highest BCUT2D eigenvalue weighted by Crippen LogP contribution is 1.85. The molecule has 0 saturated carbocycles. The summed E-state index contributed by atoms with van der Waals surface area (Å²) in [5.74, 6) is -0.567. The Bertz CT molecular complexity index is 63.2. The number of hydrogen-bond donors (Lipinski definition) is 1. The smallest absolute Gasteiger partial charge is 0.301 e. The third-order valence-electron chi connectivity index (χ3n) is 0.556. The standard InChI is InChI=1S/C3H7BO3/c4-2-1-3(5)7-6/h6H,1-2,4H2. The van der Waals surface area contributed by atoms with Crippen molar-refractivity contribution in [3.63, 3.8) is 0 Å². The minimum atomic E-state index is -0.567. The van der Waals surface area contributed by atoms with Crippen molar-refractivity contribution < 1.29 is 14.9 Å². The summed E-state index contributed by atoms with van der Waals surface area (Å²) in [5.41, 5.74) is 0.